The van der Waals surface area contributed by atoms with Crippen LogP contribution in [0.2, 0.25) is 0 Å². The van der Waals surface area contributed by atoms with E-state index in [9.17, 15) is 8.42 Å². The summed E-state index contributed by atoms with van der Waals surface area (Å²) in [5, 5.41) is -0.188. The molecule has 0 saturated carbocycles. The van der Waals surface area contributed by atoms with Gasteiger partial charge in [0.2, 0.25) is 0 Å². The molecule has 12 heavy (non-hydrogen) atoms. The summed E-state index contributed by atoms with van der Waals surface area (Å²) in [6.07, 6.45) is 1.66. The van der Waals surface area contributed by atoms with Crippen LogP contribution < -0.4 is 0 Å². The summed E-state index contributed by atoms with van der Waals surface area (Å²) in [6, 6.07) is 0. The topological polar surface area (TPSA) is 37.4 Å². The zero-order chi connectivity index (χ0) is 9.19. The van der Waals surface area contributed by atoms with Gasteiger partial charge in [-0.05, 0) is 25.9 Å². The normalized spacial score (nSPS) is 28.1. The van der Waals surface area contributed by atoms with Crippen molar-refractivity contribution in [3.8, 4) is 0 Å². The molecule has 0 aromatic carbocycles. The largest absolute Gasteiger partial charge is 0.288 e. The number of hydrogen-bond donors (Lipinski definition) is 0. The molecule has 1 aliphatic rings. The maximum atomic E-state index is 11.5. The van der Waals surface area contributed by atoms with E-state index in [-0.39, 0.29) is 5.37 Å². The quantitative estimate of drug-likeness (QED) is 0.664. The second kappa shape index (κ2) is 3.75. The van der Waals surface area contributed by atoms with Crippen LogP contribution in [0.25, 0.3) is 0 Å². The fraction of sp³-hybridized carbons (Fsp3) is 1.00. The van der Waals surface area contributed by atoms with Crippen LogP contribution in [0.5, 0.6) is 0 Å². The van der Waals surface area contributed by atoms with Gasteiger partial charge in [0.05, 0.1) is 5.75 Å². The molecule has 1 aliphatic heterocycles. The minimum absolute atomic E-state index is 0.188. The molecule has 1 rings (SSSR count). The molecular formula is C8H17NO2S. The van der Waals surface area contributed by atoms with Crippen LogP contribution in [-0.2, 0) is 9.84 Å². The van der Waals surface area contributed by atoms with E-state index in [1.165, 1.54) is 0 Å². The third-order valence-corrected chi connectivity index (χ3v) is 4.73. The Hall–Kier alpha value is -0.0900. The van der Waals surface area contributed by atoms with E-state index in [4.69, 9.17) is 0 Å². The number of hydrogen-bond acceptors (Lipinski definition) is 3. The molecule has 0 spiro atoms. The standard InChI is InChI=1S/C8H17NO2S/c1-3-9(4-2)8-6-5-7-12(8,10)11/h8H,3-7H2,1-2H3. The van der Waals surface area contributed by atoms with Gasteiger partial charge in [-0.25, -0.2) is 8.42 Å². The Kier molecular flexibility index (Phi) is 3.12. The number of sulfone groups is 1. The summed E-state index contributed by atoms with van der Waals surface area (Å²) < 4.78 is 23.0. The van der Waals surface area contributed by atoms with E-state index in [1.54, 1.807) is 0 Å². The Morgan fingerprint density at radius 3 is 2.25 bits per heavy atom. The first kappa shape index (κ1) is 9.99. The van der Waals surface area contributed by atoms with E-state index in [0.717, 1.165) is 25.9 Å². The van der Waals surface area contributed by atoms with E-state index >= 15 is 0 Å². The summed E-state index contributed by atoms with van der Waals surface area (Å²) in [5.74, 6) is 0.383. The SMILES string of the molecule is CCN(CC)C1CCCS1(=O)=O. The first-order valence-electron chi connectivity index (χ1n) is 4.57. The predicted molar refractivity (Wildman–Crippen MR) is 49.7 cm³/mol. The van der Waals surface area contributed by atoms with Crippen LogP contribution >= 0.6 is 0 Å². The molecule has 1 fully saturated rings. The molecule has 0 aromatic rings. The lowest BCUT2D eigenvalue weighted by Gasteiger charge is -2.24. The van der Waals surface area contributed by atoms with Crippen molar-refractivity contribution in [3.63, 3.8) is 0 Å². The Morgan fingerprint density at radius 2 is 1.92 bits per heavy atom. The van der Waals surface area contributed by atoms with E-state index in [2.05, 4.69) is 0 Å². The molecule has 72 valence electrons. The van der Waals surface area contributed by atoms with Crippen molar-refractivity contribution in [3.05, 3.63) is 0 Å². The maximum absolute atomic E-state index is 11.5. The van der Waals surface area contributed by atoms with Gasteiger partial charge in [-0.1, -0.05) is 13.8 Å². The minimum atomic E-state index is -2.78. The van der Waals surface area contributed by atoms with Crippen molar-refractivity contribution < 1.29 is 8.42 Å². The highest BCUT2D eigenvalue weighted by atomic mass is 32.2. The van der Waals surface area contributed by atoms with Crippen LogP contribution in [0, 0.1) is 0 Å². The third kappa shape index (κ3) is 1.80. The van der Waals surface area contributed by atoms with Gasteiger partial charge in [-0.3, -0.25) is 4.90 Å². The van der Waals surface area contributed by atoms with Gasteiger partial charge in [0, 0.05) is 0 Å². The molecule has 1 heterocycles. The lowest BCUT2D eigenvalue weighted by Crippen LogP contribution is -2.38. The molecule has 1 saturated heterocycles. The second-order valence-corrected chi connectivity index (χ2v) is 5.46. The molecular weight excluding hydrogens is 174 g/mol. The maximum Gasteiger partial charge on any atom is 0.166 e. The molecule has 0 amide bonds. The van der Waals surface area contributed by atoms with Gasteiger partial charge >= 0.3 is 0 Å². The zero-order valence-corrected chi connectivity index (χ0v) is 8.60. The van der Waals surface area contributed by atoms with Crippen molar-refractivity contribution >= 4 is 9.84 Å². The number of rotatable bonds is 3. The summed E-state index contributed by atoms with van der Waals surface area (Å²) in [6.45, 7) is 5.69. The van der Waals surface area contributed by atoms with Gasteiger partial charge in [0.15, 0.2) is 9.84 Å². The zero-order valence-electron chi connectivity index (χ0n) is 7.78. The van der Waals surface area contributed by atoms with Crippen LogP contribution in [0.15, 0.2) is 0 Å². The Labute approximate surface area is 74.7 Å². The van der Waals surface area contributed by atoms with Crippen LogP contribution in [0.4, 0.5) is 0 Å². The highest BCUT2D eigenvalue weighted by molar-refractivity contribution is 7.92. The Morgan fingerprint density at radius 1 is 1.33 bits per heavy atom. The van der Waals surface area contributed by atoms with Crippen molar-refractivity contribution in [2.24, 2.45) is 0 Å². The molecule has 4 heteroatoms. The highest BCUT2D eigenvalue weighted by Gasteiger charge is 2.34. The molecule has 0 aromatic heterocycles. The van der Waals surface area contributed by atoms with Gasteiger partial charge in [-0.15, -0.1) is 0 Å². The molecule has 0 N–H and O–H groups in total. The van der Waals surface area contributed by atoms with Crippen molar-refractivity contribution in [1.29, 1.82) is 0 Å². The van der Waals surface area contributed by atoms with Crippen molar-refractivity contribution in [2.45, 2.75) is 32.1 Å². The first-order valence-corrected chi connectivity index (χ1v) is 6.29. The summed E-state index contributed by atoms with van der Waals surface area (Å²) in [4.78, 5) is 2.03. The van der Waals surface area contributed by atoms with Crippen LogP contribution in [-0.4, -0.2) is 37.5 Å². The third-order valence-electron chi connectivity index (χ3n) is 2.51. The average molecular weight is 191 g/mol. The Balaban J connectivity index is 2.74. The average Bonchev–Trinajstić information content (AvgIpc) is 2.34. The van der Waals surface area contributed by atoms with Gasteiger partial charge in [-0.2, -0.15) is 0 Å². The molecule has 1 atom stereocenters. The van der Waals surface area contributed by atoms with Gasteiger partial charge in [0.25, 0.3) is 0 Å². The predicted octanol–water partition coefficient (Wildman–Crippen LogP) is 0.863. The van der Waals surface area contributed by atoms with Crippen LogP contribution in [0.1, 0.15) is 26.7 Å². The van der Waals surface area contributed by atoms with Gasteiger partial charge in [0.1, 0.15) is 5.37 Å². The minimum Gasteiger partial charge on any atom is -0.288 e. The molecule has 0 radical (unpaired) electrons. The molecule has 0 aliphatic carbocycles. The molecule has 3 nitrogen and oxygen atoms in total. The first-order chi connectivity index (χ1) is 5.61. The second-order valence-electron chi connectivity index (χ2n) is 3.19. The number of nitrogens with zero attached hydrogens (tertiary/aromatic N) is 1. The molecule has 0 bridgehead atoms. The molecule has 1 unspecified atom stereocenters. The van der Waals surface area contributed by atoms with Gasteiger partial charge < -0.3 is 0 Å². The Bertz CT molecular complexity index is 231. The van der Waals surface area contributed by atoms with E-state index in [0.29, 0.717) is 5.75 Å². The smallest absolute Gasteiger partial charge is 0.166 e. The lowest BCUT2D eigenvalue weighted by atomic mass is 10.3. The van der Waals surface area contributed by atoms with Crippen LogP contribution in [0.3, 0.4) is 0 Å². The fourth-order valence-electron chi connectivity index (χ4n) is 1.82. The summed E-state index contributed by atoms with van der Waals surface area (Å²) >= 11 is 0. The van der Waals surface area contributed by atoms with Crippen molar-refractivity contribution in [1.82, 2.24) is 4.90 Å². The van der Waals surface area contributed by atoms with E-state index < -0.39 is 9.84 Å². The highest BCUT2D eigenvalue weighted by Crippen LogP contribution is 2.22. The fourth-order valence-corrected chi connectivity index (χ4v) is 3.93. The van der Waals surface area contributed by atoms with Crippen molar-refractivity contribution in [2.75, 3.05) is 18.8 Å². The summed E-state index contributed by atoms with van der Waals surface area (Å²) in [7, 11) is -2.78. The lowest BCUT2D eigenvalue weighted by molar-refractivity contribution is 0.271. The summed E-state index contributed by atoms with van der Waals surface area (Å²) in [5.41, 5.74) is 0. The van der Waals surface area contributed by atoms with E-state index in [1.807, 2.05) is 18.7 Å². The monoisotopic (exact) mass is 191 g/mol.